The monoisotopic (exact) mass is 251 g/mol. The van der Waals surface area contributed by atoms with Crippen LogP contribution in [0.1, 0.15) is 34.6 Å². The van der Waals surface area contributed by atoms with Gasteiger partial charge in [-0.2, -0.15) is 0 Å². The summed E-state index contributed by atoms with van der Waals surface area (Å²) in [5.74, 6) is 2.20. The van der Waals surface area contributed by atoms with E-state index in [0.717, 1.165) is 17.2 Å². The summed E-state index contributed by atoms with van der Waals surface area (Å²) in [6, 6.07) is 6.43. The van der Waals surface area contributed by atoms with Crippen molar-refractivity contribution in [2.24, 2.45) is 5.92 Å². The van der Waals surface area contributed by atoms with Gasteiger partial charge in [0.1, 0.15) is 0 Å². The summed E-state index contributed by atoms with van der Waals surface area (Å²) in [4.78, 5) is 0. The Kier molecular flexibility index (Phi) is 5.83. The van der Waals surface area contributed by atoms with Crippen molar-refractivity contribution < 1.29 is 9.47 Å². The molecule has 0 aliphatic rings. The van der Waals surface area contributed by atoms with E-state index in [1.165, 1.54) is 0 Å². The molecule has 0 aromatic heterocycles. The van der Waals surface area contributed by atoms with Crippen LogP contribution < -0.4 is 14.8 Å². The van der Waals surface area contributed by atoms with Gasteiger partial charge in [0.05, 0.1) is 13.2 Å². The number of rotatable bonds is 7. The highest BCUT2D eigenvalue weighted by Gasteiger charge is 2.10. The Labute approximate surface area is 110 Å². The lowest BCUT2D eigenvalue weighted by Gasteiger charge is -2.20. The van der Waals surface area contributed by atoms with Gasteiger partial charge in [-0.1, -0.05) is 13.8 Å². The maximum Gasteiger partial charge on any atom is 0.163 e. The Morgan fingerprint density at radius 3 is 2.17 bits per heavy atom. The van der Waals surface area contributed by atoms with E-state index < -0.39 is 0 Å². The van der Waals surface area contributed by atoms with Crippen molar-refractivity contribution in [1.29, 1.82) is 0 Å². The second kappa shape index (κ2) is 7.14. The van der Waals surface area contributed by atoms with Crippen LogP contribution in [-0.2, 0) is 0 Å². The summed E-state index contributed by atoms with van der Waals surface area (Å²) in [7, 11) is 0. The van der Waals surface area contributed by atoms with Gasteiger partial charge >= 0.3 is 0 Å². The molecule has 1 aromatic rings. The third kappa shape index (κ3) is 4.13. The summed E-state index contributed by atoms with van der Waals surface area (Å²) in [6.45, 7) is 11.8. The molecule has 3 heteroatoms. The number of hydrogen-bond donors (Lipinski definition) is 1. The number of hydrogen-bond acceptors (Lipinski definition) is 3. The zero-order valence-electron chi connectivity index (χ0n) is 12.1. The standard InChI is InChI=1S/C15H25NO2/c1-6-17-14-9-8-13(10-15(14)18-7-2)16-12(5)11(3)4/h8-12,16H,6-7H2,1-5H3. The molecule has 1 aromatic carbocycles. The minimum atomic E-state index is 0.428. The molecule has 0 aliphatic carbocycles. The van der Waals surface area contributed by atoms with Crippen LogP contribution in [0.4, 0.5) is 5.69 Å². The fourth-order valence-electron chi connectivity index (χ4n) is 1.57. The van der Waals surface area contributed by atoms with E-state index in [0.29, 0.717) is 25.2 Å². The van der Waals surface area contributed by atoms with Crippen LogP contribution in [0.25, 0.3) is 0 Å². The molecule has 0 aliphatic heterocycles. The molecular formula is C15H25NO2. The van der Waals surface area contributed by atoms with Crippen LogP contribution in [0, 0.1) is 5.92 Å². The number of ether oxygens (including phenoxy) is 2. The number of anilines is 1. The van der Waals surface area contributed by atoms with E-state index >= 15 is 0 Å². The fraction of sp³-hybridized carbons (Fsp3) is 0.600. The highest BCUT2D eigenvalue weighted by atomic mass is 16.5. The van der Waals surface area contributed by atoms with Crippen LogP contribution >= 0.6 is 0 Å². The molecule has 102 valence electrons. The molecule has 1 N–H and O–H groups in total. The molecule has 1 rings (SSSR count). The summed E-state index contributed by atoms with van der Waals surface area (Å²) in [6.07, 6.45) is 0. The fourth-order valence-corrected chi connectivity index (χ4v) is 1.57. The molecule has 18 heavy (non-hydrogen) atoms. The molecule has 0 fully saturated rings. The van der Waals surface area contributed by atoms with E-state index in [9.17, 15) is 0 Å². The van der Waals surface area contributed by atoms with Crippen LogP contribution in [0.5, 0.6) is 11.5 Å². The predicted octanol–water partition coefficient (Wildman–Crippen LogP) is 3.94. The maximum atomic E-state index is 5.61. The van der Waals surface area contributed by atoms with Crippen molar-refractivity contribution in [3.63, 3.8) is 0 Å². The molecular weight excluding hydrogens is 226 g/mol. The van der Waals surface area contributed by atoms with Gasteiger partial charge in [0.25, 0.3) is 0 Å². The lowest BCUT2D eigenvalue weighted by atomic mass is 10.1. The molecule has 0 saturated heterocycles. The Balaban J connectivity index is 2.85. The first-order chi connectivity index (χ1) is 8.58. The average Bonchev–Trinajstić information content (AvgIpc) is 2.33. The van der Waals surface area contributed by atoms with Gasteiger partial charge in [0.15, 0.2) is 11.5 Å². The normalized spacial score (nSPS) is 12.3. The molecule has 1 atom stereocenters. The van der Waals surface area contributed by atoms with E-state index in [4.69, 9.17) is 9.47 Å². The number of nitrogens with one attached hydrogen (secondary N) is 1. The molecule has 0 saturated carbocycles. The second-order valence-electron chi connectivity index (χ2n) is 4.70. The highest BCUT2D eigenvalue weighted by Crippen LogP contribution is 2.31. The first-order valence-electron chi connectivity index (χ1n) is 6.74. The molecule has 0 amide bonds. The van der Waals surface area contributed by atoms with Crippen LogP contribution in [0.2, 0.25) is 0 Å². The van der Waals surface area contributed by atoms with E-state index in [2.05, 4.69) is 26.1 Å². The Morgan fingerprint density at radius 2 is 1.61 bits per heavy atom. The van der Waals surface area contributed by atoms with Crippen molar-refractivity contribution in [2.75, 3.05) is 18.5 Å². The van der Waals surface area contributed by atoms with E-state index in [1.54, 1.807) is 0 Å². The maximum absolute atomic E-state index is 5.61. The lowest BCUT2D eigenvalue weighted by molar-refractivity contribution is 0.288. The lowest BCUT2D eigenvalue weighted by Crippen LogP contribution is -2.21. The van der Waals surface area contributed by atoms with Crippen LogP contribution in [0.3, 0.4) is 0 Å². The van der Waals surface area contributed by atoms with Crippen molar-refractivity contribution in [3.05, 3.63) is 18.2 Å². The third-order valence-corrected chi connectivity index (χ3v) is 2.94. The smallest absolute Gasteiger partial charge is 0.163 e. The summed E-state index contributed by atoms with van der Waals surface area (Å²) in [5, 5.41) is 3.47. The zero-order valence-corrected chi connectivity index (χ0v) is 12.1. The first-order valence-corrected chi connectivity index (χ1v) is 6.74. The van der Waals surface area contributed by atoms with Crippen LogP contribution in [0.15, 0.2) is 18.2 Å². The van der Waals surface area contributed by atoms with Gasteiger partial charge in [-0.15, -0.1) is 0 Å². The highest BCUT2D eigenvalue weighted by molar-refractivity contribution is 5.55. The van der Waals surface area contributed by atoms with Gasteiger partial charge in [-0.25, -0.2) is 0 Å². The predicted molar refractivity (Wildman–Crippen MR) is 76.7 cm³/mol. The van der Waals surface area contributed by atoms with Gasteiger partial charge in [0, 0.05) is 17.8 Å². The zero-order chi connectivity index (χ0) is 13.5. The summed E-state index contributed by atoms with van der Waals surface area (Å²) < 4.78 is 11.2. The minimum Gasteiger partial charge on any atom is -0.490 e. The largest absolute Gasteiger partial charge is 0.490 e. The second-order valence-corrected chi connectivity index (χ2v) is 4.70. The minimum absolute atomic E-state index is 0.428. The molecule has 0 heterocycles. The quantitative estimate of drug-likeness (QED) is 0.796. The Morgan fingerprint density at radius 1 is 1.00 bits per heavy atom. The molecule has 3 nitrogen and oxygen atoms in total. The Hall–Kier alpha value is -1.38. The van der Waals surface area contributed by atoms with Gasteiger partial charge in [-0.05, 0) is 38.8 Å². The van der Waals surface area contributed by atoms with Crippen molar-refractivity contribution in [3.8, 4) is 11.5 Å². The van der Waals surface area contributed by atoms with E-state index in [-0.39, 0.29) is 0 Å². The van der Waals surface area contributed by atoms with Crippen molar-refractivity contribution in [1.82, 2.24) is 0 Å². The third-order valence-electron chi connectivity index (χ3n) is 2.94. The molecule has 0 radical (unpaired) electrons. The summed E-state index contributed by atoms with van der Waals surface area (Å²) >= 11 is 0. The SMILES string of the molecule is CCOc1ccc(NC(C)C(C)C)cc1OCC. The van der Waals surface area contributed by atoms with Gasteiger partial charge in [-0.3, -0.25) is 0 Å². The van der Waals surface area contributed by atoms with E-state index in [1.807, 2.05) is 32.0 Å². The molecule has 1 unspecified atom stereocenters. The Bertz CT molecular complexity index is 364. The van der Waals surface area contributed by atoms with Gasteiger partial charge in [0.2, 0.25) is 0 Å². The van der Waals surface area contributed by atoms with Crippen molar-refractivity contribution in [2.45, 2.75) is 40.7 Å². The first kappa shape index (κ1) is 14.7. The average molecular weight is 251 g/mol. The molecule has 0 bridgehead atoms. The molecule has 0 spiro atoms. The van der Waals surface area contributed by atoms with Crippen molar-refractivity contribution >= 4 is 5.69 Å². The van der Waals surface area contributed by atoms with Crippen LogP contribution in [-0.4, -0.2) is 19.3 Å². The summed E-state index contributed by atoms with van der Waals surface area (Å²) in [5.41, 5.74) is 1.07. The topological polar surface area (TPSA) is 30.5 Å². The number of benzene rings is 1. The van der Waals surface area contributed by atoms with Gasteiger partial charge < -0.3 is 14.8 Å².